The van der Waals surface area contributed by atoms with Crippen molar-refractivity contribution in [1.29, 1.82) is 0 Å². The van der Waals surface area contributed by atoms with Gasteiger partial charge in [-0.1, -0.05) is 18.6 Å². The molecule has 1 atom stereocenters. The molecule has 1 amide bonds. The molecule has 6 heteroatoms. The number of benzene rings is 1. The number of amides is 1. The minimum atomic E-state index is 0.114. The van der Waals surface area contributed by atoms with Crippen LogP contribution in [0.15, 0.2) is 42.6 Å². The Morgan fingerprint density at radius 1 is 1.03 bits per heavy atom. The Balaban J connectivity index is 1.15. The van der Waals surface area contributed by atoms with Gasteiger partial charge in [0.2, 0.25) is 5.91 Å². The number of nitrogens with one attached hydrogen (secondary N) is 1. The lowest BCUT2D eigenvalue weighted by atomic mass is 9.96. The summed E-state index contributed by atoms with van der Waals surface area (Å²) in [6.45, 7) is 7.17. The normalized spacial score (nSPS) is 20.8. The van der Waals surface area contributed by atoms with Crippen molar-refractivity contribution in [2.75, 3.05) is 37.6 Å². The number of fused-ring (bicyclic) bond motifs is 3. The number of piperidine rings is 2. The van der Waals surface area contributed by atoms with E-state index in [1.54, 1.807) is 0 Å². The summed E-state index contributed by atoms with van der Waals surface area (Å²) in [5, 5.41) is 3.21. The molecular formula is C26H35N5O. The van der Waals surface area contributed by atoms with Gasteiger partial charge in [0.1, 0.15) is 0 Å². The van der Waals surface area contributed by atoms with E-state index in [9.17, 15) is 4.79 Å². The second-order valence-electron chi connectivity index (χ2n) is 9.47. The van der Waals surface area contributed by atoms with Gasteiger partial charge in [-0.05, 0) is 69.8 Å². The van der Waals surface area contributed by atoms with Crippen LogP contribution in [0.4, 0.5) is 5.82 Å². The van der Waals surface area contributed by atoms with Crippen LogP contribution in [0.3, 0.4) is 0 Å². The monoisotopic (exact) mass is 433 g/mol. The summed E-state index contributed by atoms with van der Waals surface area (Å²) in [7, 11) is 0. The first-order chi connectivity index (χ1) is 15.7. The average Bonchev–Trinajstić information content (AvgIpc) is 3.33. The van der Waals surface area contributed by atoms with Gasteiger partial charge in [-0.15, -0.1) is 0 Å². The number of hydrogen-bond donors (Lipinski definition) is 1. The molecule has 3 aromatic rings. The summed E-state index contributed by atoms with van der Waals surface area (Å²) in [6, 6.07) is 13.2. The van der Waals surface area contributed by atoms with Crippen molar-refractivity contribution in [2.45, 2.75) is 51.5 Å². The Morgan fingerprint density at radius 2 is 1.84 bits per heavy atom. The van der Waals surface area contributed by atoms with Crippen molar-refractivity contribution in [2.24, 2.45) is 5.92 Å². The fourth-order valence-corrected chi connectivity index (χ4v) is 5.42. The Bertz CT molecular complexity index is 1070. The number of nitrogens with zero attached hydrogens (tertiary/aromatic N) is 4. The summed E-state index contributed by atoms with van der Waals surface area (Å²) in [5.41, 5.74) is 3.28. The predicted molar refractivity (Wildman–Crippen MR) is 130 cm³/mol. The molecular weight excluding hydrogens is 398 g/mol. The summed E-state index contributed by atoms with van der Waals surface area (Å²) < 4.78 is 2.22. The first-order valence-electron chi connectivity index (χ1n) is 12.3. The first-order valence-corrected chi connectivity index (χ1v) is 12.3. The van der Waals surface area contributed by atoms with E-state index in [0.717, 1.165) is 67.8 Å². The average molecular weight is 434 g/mol. The van der Waals surface area contributed by atoms with Gasteiger partial charge in [0, 0.05) is 44.3 Å². The second-order valence-corrected chi connectivity index (χ2v) is 9.47. The second kappa shape index (κ2) is 9.49. The van der Waals surface area contributed by atoms with Crippen molar-refractivity contribution in [3.63, 3.8) is 0 Å². The molecule has 4 heterocycles. The molecule has 0 aliphatic carbocycles. The van der Waals surface area contributed by atoms with Crippen LogP contribution in [0.5, 0.6) is 0 Å². The number of carbonyl (C=O) groups is 1. The molecule has 6 nitrogen and oxygen atoms in total. The minimum Gasteiger partial charge on any atom is -0.356 e. The molecule has 170 valence electrons. The molecule has 0 saturated carbocycles. The van der Waals surface area contributed by atoms with Crippen molar-refractivity contribution < 1.29 is 4.79 Å². The predicted octanol–water partition coefficient (Wildman–Crippen LogP) is 4.08. The highest BCUT2D eigenvalue weighted by atomic mass is 16.1. The molecule has 0 radical (unpaired) electrons. The van der Waals surface area contributed by atoms with Gasteiger partial charge in [-0.25, -0.2) is 4.98 Å². The summed E-state index contributed by atoms with van der Waals surface area (Å²) in [4.78, 5) is 22.6. The summed E-state index contributed by atoms with van der Waals surface area (Å²) in [5.74, 6) is 1.38. The molecule has 32 heavy (non-hydrogen) atoms. The van der Waals surface area contributed by atoms with Gasteiger partial charge < -0.3 is 19.5 Å². The third-order valence-electron chi connectivity index (χ3n) is 7.37. The van der Waals surface area contributed by atoms with E-state index < -0.39 is 0 Å². The first kappa shape index (κ1) is 21.3. The van der Waals surface area contributed by atoms with Crippen molar-refractivity contribution in [3.05, 3.63) is 42.6 Å². The lowest BCUT2D eigenvalue weighted by Gasteiger charge is -2.34. The van der Waals surface area contributed by atoms with Crippen molar-refractivity contribution in [1.82, 2.24) is 19.6 Å². The number of carbonyl (C=O) groups excluding carboxylic acids is 1. The quantitative estimate of drug-likeness (QED) is 0.595. The largest absolute Gasteiger partial charge is 0.356 e. The van der Waals surface area contributed by atoms with Crippen LogP contribution in [-0.2, 0) is 4.79 Å². The van der Waals surface area contributed by atoms with Gasteiger partial charge in [0.15, 0.2) is 5.82 Å². The lowest BCUT2D eigenvalue weighted by molar-refractivity contribution is -0.125. The number of anilines is 1. The van der Waals surface area contributed by atoms with Crippen LogP contribution in [0.25, 0.3) is 16.6 Å². The molecule has 0 unspecified atom stereocenters. The zero-order chi connectivity index (χ0) is 21.9. The zero-order valence-electron chi connectivity index (χ0n) is 19.2. The summed E-state index contributed by atoms with van der Waals surface area (Å²) >= 11 is 0. The van der Waals surface area contributed by atoms with Crippen LogP contribution < -0.4 is 10.2 Å². The van der Waals surface area contributed by atoms with Gasteiger partial charge >= 0.3 is 0 Å². The van der Waals surface area contributed by atoms with E-state index >= 15 is 0 Å². The minimum absolute atomic E-state index is 0.114. The highest BCUT2D eigenvalue weighted by molar-refractivity contribution is 5.85. The van der Waals surface area contributed by atoms with Gasteiger partial charge in [-0.3, -0.25) is 4.79 Å². The molecule has 0 bridgehead atoms. The third-order valence-corrected chi connectivity index (χ3v) is 7.37. The van der Waals surface area contributed by atoms with Crippen LogP contribution in [-0.4, -0.2) is 59.0 Å². The fourth-order valence-electron chi connectivity index (χ4n) is 5.42. The molecule has 2 saturated heterocycles. The lowest BCUT2D eigenvalue weighted by Crippen LogP contribution is -2.42. The van der Waals surface area contributed by atoms with Crippen molar-refractivity contribution >= 4 is 28.3 Å². The Hall–Kier alpha value is -2.60. The number of para-hydroxylation sites is 2. The Labute approximate surface area is 190 Å². The standard InChI is InChI=1S/C26H35N5O/c1-20-8-4-5-15-29(20)16-7-14-27-26(32)21-12-18-30(19-13-21)25-24-11-6-17-31(24)23-10-3-2-9-22(23)28-25/h2-3,6,9-11,17,20-21H,4-5,7-8,12-16,18-19H2,1H3,(H,27,32)/t20-/m0/s1. The molecule has 1 aromatic carbocycles. The number of rotatable bonds is 6. The van der Waals surface area contributed by atoms with Crippen LogP contribution in [0.2, 0.25) is 0 Å². The zero-order valence-corrected chi connectivity index (χ0v) is 19.2. The Morgan fingerprint density at radius 3 is 2.69 bits per heavy atom. The number of aromatic nitrogens is 2. The van der Waals surface area contributed by atoms with E-state index in [0.29, 0.717) is 6.04 Å². The molecule has 2 aromatic heterocycles. The summed E-state index contributed by atoms with van der Waals surface area (Å²) in [6.07, 6.45) is 8.91. The molecule has 2 fully saturated rings. The Kier molecular flexibility index (Phi) is 6.30. The van der Waals surface area contributed by atoms with E-state index in [2.05, 4.69) is 63.0 Å². The van der Waals surface area contributed by atoms with E-state index in [1.807, 2.05) is 6.07 Å². The molecule has 1 N–H and O–H groups in total. The molecule has 5 rings (SSSR count). The molecule has 2 aliphatic heterocycles. The SMILES string of the molecule is C[C@H]1CCCCN1CCCNC(=O)C1CCN(c2nc3ccccc3n3cccc23)CC1. The highest BCUT2D eigenvalue weighted by Gasteiger charge is 2.27. The maximum atomic E-state index is 12.7. The maximum absolute atomic E-state index is 12.7. The topological polar surface area (TPSA) is 52.9 Å². The third kappa shape index (κ3) is 4.33. The van der Waals surface area contributed by atoms with Crippen LogP contribution in [0, 0.1) is 5.92 Å². The maximum Gasteiger partial charge on any atom is 0.223 e. The van der Waals surface area contributed by atoms with E-state index in [4.69, 9.17) is 4.98 Å². The smallest absolute Gasteiger partial charge is 0.223 e. The van der Waals surface area contributed by atoms with Gasteiger partial charge in [0.05, 0.1) is 16.6 Å². The molecule has 2 aliphatic rings. The van der Waals surface area contributed by atoms with Gasteiger partial charge in [-0.2, -0.15) is 0 Å². The van der Waals surface area contributed by atoms with Crippen molar-refractivity contribution in [3.8, 4) is 0 Å². The van der Waals surface area contributed by atoms with Crippen LogP contribution in [0.1, 0.15) is 45.4 Å². The van der Waals surface area contributed by atoms with E-state index in [-0.39, 0.29) is 11.8 Å². The van der Waals surface area contributed by atoms with Crippen LogP contribution >= 0.6 is 0 Å². The number of likely N-dealkylation sites (tertiary alicyclic amines) is 1. The fraction of sp³-hybridized carbons (Fsp3) is 0.538. The number of hydrogen-bond acceptors (Lipinski definition) is 4. The van der Waals surface area contributed by atoms with E-state index in [1.165, 1.54) is 25.8 Å². The van der Waals surface area contributed by atoms with Gasteiger partial charge in [0.25, 0.3) is 0 Å². The molecule has 0 spiro atoms. The highest BCUT2D eigenvalue weighted by Crippen LogP contribution is 2.29.